The Morgan fingerprint density at radius 3 is 2.48 bits per heavy atom. The maximum atomic E-state index is 12.6. The Morgan fingerprint density at radius 2 is 1.84 bits per heavy atom. The predicted molar refractivity (Wildman–Crippen MR) is 117 cm³/mol. The fraction of sp³-hybridized carbons (Fsp3) is 0.273. The molecule has 0 aliphatic heterocycles. The highest BCUT2D eigenvalue weighted by Gasteiger charge is 2.16. The second-order valence-corrected chi connectivity index (χ2v) is 7.26. The molecule has 0 spiro atoms. The van der Waals surface area contributed by atoms with Gasteiger partial charge in [0, 0.05) is 12.1 Å². The fourth-order valence-corrected chi connectivity index (χ4v) is 3.46. The van der Waals surface area contributed by atoms with Crippen LogP contribution >= 0.6 is 0 Å². The Bertz CT molecular complexity index is 1230. The Hall–Kier alpha value is -3.72. The molecular formula is C22H24N6O3. The van der Waals surface area contributed by atoms with Gasteiger partial charge >= 0.3 is 0 Å². The van der Waals surface area contributed by atoms with Gasteiger partial charge in [0.25, 0.3) is 5.56 Å². The molecule has 2 heterocycles. The van der Waals surface area contributed by atoms with Crippen LogP contribution in [0, 0.1) is 0 Å². The molecule has 2 aromatic carbocycles. The highest BCUT2D eigenvalue weighted by molar-refractivity contribution is 5.81. The van der Waals surface area contributed by atoms with Gasteiger partial charge in [-0.3, -0.25) is 9.69 Å². The molecule has 9 heteroatoms. The number of aromatic amines is 1. The van der Waals surface area contributed by atoms with Crippen LogP contribution in [0.5, 0.6) is 11.5 Å². The molecule has 1 atom stereocenters. The summed E-state index contributed by atoms with van der Waals surface area (Å²) in [6.45, 7) is 2.59. The van der Waals surface area contributed by atoms with E-state index >= 15 is 0 Å². The summed E-state index contributed by atoms with van der Waals surface area (Å²) in [5, 5.41) is 4.60. The molecule has 0 amide bonds. The highest BCUT2D eigenvalue weighted by atomic mass is 16.5. The topological polar surface area (TPSA) is 98.2 Å². The lowest BCUT2D eigenvalue weighted by Crippen LogP contribution is -2.25. The predicted octanol–water partition coefficient (Wildman–Crippen LogP) is 2.71. The van der Waals surface area contributed by atoms with Gasteiger partial charge in [0.1, 0.15) is 18.5 Å². The zero-order valence-corrected chi connectivity index (χ0v) is 17.9. The van der Waals surface area contributed by atoms with Crippen molar-refractivity contribution in [3.63, 3.8) is 0 Å². The standard InChI is InChI=1S/C22H24N6O3/c1-14(15-5-7-16(8-6-15)28-13-23-12-24-28)27(2)11-21-25-18-10-20(31-4)19(30-3)9-17(18)22(29)26-21/h5-10,12-14H,11H2,1-4H3,(H,25,26,29). The largest absolute Gasteiger partial charge is 0.493 e. The van der Waals surface area contributed by atoms with E-state index in [0.717, 1.165) is 11.3 Å². The summed E-state index contributed by atoms with van der Waals surface area (Å²) in [7, 11) is 5.09. The molecule has 0 aliphatic rings. The third-order valence-electron chi connectivity index (χ3n) is 5.38. The molecule has 2 aromatic heterocycles. The summed E-state index contributed by atoms with van der Waals surface area (Å²) < 4.78 is 12.3. The van der Waals surface area contributed by atoms with Crippen LogP contribution in [-0.4, -0.2) is 50.9 Å². The van der Waals surface area contributed by atoms with Gasteiger partial charge in [0.15, 0.2) is 11.5 Å². The summed E-state index contributed by atoms with van der Waals surface area (Å²) in [4.78, 5) is 26.2. The van der Waals surface area contributed by atoms with Crippen LogP contribution in [0.15, 0.2) is 53.8 Å². The molecule has 0 saturated heterocycles. The molecule has 9 nitrogen and oxygen atoms in total. The third kappa shape index (κ3) is 4.13. The highest BCUT2D eigenvalue weighted by Crippen LogP contribution is 2.30. The monoisotopic (exact) mass is 420 g/mol. The van der Waals surface area contributed by atoms with E-state index in [1.54, 1.807) is 30.3 Å². The first-order chi connectivity index (χ1) is 15.0. The summed E-state index contributed by atoms with van der Waals surface area (Å²) in [6.07, 6.45) is 3.17. The second kappa shape index (κ2) is 8.57. The molecule has 0 bridgehead atoms. The van der Waals surface area contributed by atoms with Gasteiger partial charge < -0.3 is 14.5 Å². The number of hydrogen-bond acceptors (Lipinski definition) is 7. The molecule has 4 rings (SSSR count). The number of aromatic nitrogens is 5. The smallest absolute Gasteiger partial charge is 0.258 e. The first-order valence-corrected chi connectivity index (χ1v) is 9.80. The molecule has 31 heavy (non-hydrogen) atoms. The first-order valence-electron chi connectivity index (χ1n) is 9.80. The van der Waals surface area contributed by atoms with Gasteiger partial charge in [-0.05, 0) is 37.7 Å². The van der Waals surface area contributed by atoms with E-state index in [9.17, 15) is 4.79 Å². The van der Waals surface area contributed by atoms with E-state index < -0.39 is 0 Å². The van der Waals surface area contributed by atoms with Crippen molar-refractivity contribution in [1.82, 2.24) is 29.6 Å². The normalized spacial score (nSPS) is 12.3. The van der Waals surface area contributed by atoms with Crippen molar-refractivity contribution in [2.45, 2.75) is 19.5 Å². The van der Waals surface area contributed by atoms with Crippen LogP contribution < -0.4 is 15.0 Å². The number of H-pyrrole nitrogens is 1. The average Bonchev–Trinajstić information content (AvgIpc) is 3.33. The minimum Gasteiger partial charge on any atom is -0.493 e. The van der Waals surface area contributed by atoms with Gasteiger partial charge in [-0.2, -0.15) is 5.10 Å². The van der Waals surface area contributed by atoms with Crippen LogP contribution in [0.4, 0.5) is 0 Å². The number of rotatable bonds is 7. The molecule has 160 valence electrons. The second-order valence-electron chi connectivity index (χ2n) is 7.26. The lowest BCUT2D eigenvalue weighted by Gasteiger charge is -2.24. The van der Waals surface area contributed by atoms with Crippen LogP contribution in [-0.2, 0) is 6.54 Å². The SMILES string of the molecule is COc1cc2nc(CN(C)C(C)c3ccc(-n4cncn4)cc3)[nH]c(=O)c2cc1OC. The van der Waals surface area contributed by atoms with Gasteiger partial charge in [-0.25, -0.2) is 14.6 Å². The number of benzene rings is 2. The molecule has 1 N–H and O–H groups in total. The van der Waals surface area contributed by atoms with Gasteiger partial charge in [0.2, 0.25) is 0 Å². The number of fused-ring (bicyclic) bond motifs is 1. The number of hydrogen-bond donors (Lipinski definition) is 1. The Kier molecular flexibility index (Phi) is 5.68. The van der Waals surface area contributed by atoms with E-state index in [2.05, 4.69) is 44.0 Å². The van der Waals surface area contributed by atoms with E-state index in [1.807, 2.05) is 19.2 Å². The number of nitrogens with one attached hydrogen (secondary N) is 1. The van der Waals surface area contributed by atoms with Crippen molar-refractivity contribution in [2.75, 3.05) is 21.3 Å². The molecule has 0 aliphatic carbocycles. The Morgan fingerprint density at radius 1 is 1.13 bits per heavy atom. The summed E-state index contributed by atoms with van der Waals surface area (Å²) in [5.74, 6) is 1.61. The molecule has 0 fully saturated rings. The van der Waals surface area contributed by atoms with E-state index in [0.29, 0.717) is 34.8 Å². The van der Waals surface area contributed by atoms with Crippen molar-refractivity contribution in [2.24, 2.45) is 0 Å². The lowest BCUT2D eigenvalue weighted by molar-refractivity contribution is 0.247. The van der Waals surface area contributed by atoms with Crippen molar-refractivity contribution >= 4 is 10.9 Å². The quantitative estimate of drug-likeness (QED) is 0.491. The van der Waals surface area contributed by atoms with Gasteiger partial charge in [-0.15, -0.1) is 0 Å². The molecule has 0 radical (unpaired) electrons. The zero-order valence-electron chi connectivity index (χ0n) is 17.9. The number of methoxy groups -OCH3 is 2. The Labute approximate surface area is 179 Å². The molecule has 0 saturated carbocycles. The third-order valence-corrected chi connectivity index (χ3v) is 5.38. The zero-order chi connectivity index (χ0) is 22.0. The lowest BCUT2D eigenvalue weighted by atomic mass is 10.1. The van der Waals surface area contributed by atoms with Gasteiger partial charge in [0.05, 0.1) is 37.4 Å². The molecule has 4 aromatic rings. The summed E-state index contributed by atoms with van der Waals surface area (Å²) in [5.41, 5.74) is 2.44. The summed E-state index contributed by atoms with van der Waals surface area (Å²) in [6, 6.07) is 11.6. The maximum absolute atomic E-state index is 12.6. The first kappa shape index (κ1) is 20.5. The van der Waals surface area contributed by atoms with E-state index in [1.165, 1.54) is 13.4 Å². The van der Waals surface area contributed by atoms with Crippen LogP contribution in [0.25, 0.3) is 16.6 Å². The fourth-order valence-electron chi connectivity index (χ4n) is 3.46. The number of ether oxygens (including phenoxy) is 2. The number of nitrogens with zero attached hydrogens (tertiary/aromatic N) is 5. The minimum absolute atomic E-state index is 0.108. The van der Waals surface area contributed by atoms with Crippen LogP contribution in [0.1, 0.15) is 24.4 Å². The van der Waals surface area contributed by atoms with Crippen molar-refractivity contribution < 1.29 is 9.47 Å². The van der Waals surface area contributed by atoms with Crippen molar-refractivity contribution in [3.05, 3.63) is 70.8 Å². The van der Waals surface area contributed by atoms with E-state index in [-0.39, 0.29) is 11.6 Å². The average molecular weight is 420 g/mol. The molecule has 1 unspecified atom stereocenters. The van der Waals surface area contributed by atoms with Crippen LogP contribution in [0.2, 0.25) is 0 Å². The summed E-state index contributed by atoms with van der Waals surface area (Å²) >= 11 is 0. The maximum Gasteiger partial charge on any atom is 0.258 e. The Balaban J connectivity index is 1.56. The van der Waals surface area contributed by atoms with Crippen molar-refractivity contribution in [1.29, 1.82) is 0 Å². The van der Waals surface area contributed by atoms with Crippen LogP contribution in [0.3, 0.4) is 0 Å². The van der Waals surface area contributed by atoms with Gasteiger partial charge in [-0.1, -0.05) is 12.1 Å². The minimum atomic E-state index is -0.209. The van der Waals surface area contributed by atoms with Crippen molar-refractivity contribution in [3.8, 4) is 17.2 Å². The molecular weight excluding hydrogens is 396 g/mol. The van der Waals surface area contributed by atoms with E-state index in [4.69, 9.17) is 9.47 Å².